The predicted molar refractivity (Wildman–Crippen MR) is 325 cm³/mol. The van der Waals surface area contributed by atoms with E-state index >= 15 is 0 Å². The van der Waals surface area contributed by atoms with Gasteiger partial charge in [0.25, 0.3) is 0 Å². The van der Waals surface area contributed by atoms with Crippen LogP contribution in [0.3, 0.4) is 0 Å². The Morgan fingerprint density at radius 1 is 0.390 bits per heavy atom. The molecule has 0 aliphatic rings. The Hall–Kier alpha value is -2.49. The molecular weight excluding hydrogens is 959 g/mol. The number of carbonyl (C=O) groups excluding carboxylic acids is 3. The van der Waals surface area contributed by atoms with Gasteiger partial charge in [-0.2, -0.15) is 0 Å². The molecule has 0 amide bonds. The number of unbranched alkanes of at least 4 members (excludes halogenated alkanes) is 41. The number of carboxylic acid groups (broad SMARTS) is 1. The highest BCUT2D eigenvalue weighted by Gasteiger charge is 2.22. The van der Waals surface area contributed by atoms with Gasteiger partial charge >= 0.3 is 11.9 Å². The van der Waals surface area contributed by atoms with Gasteiger partial charge in [0.1, 0.15) is 13.2 Å². The molecular formula is C68H127NO8. The van der Waals surface area contributed by atoms with Gasteiger partial charge in [-0.25, -0.2) is 0 Å². The fraction of sp³-hybridized carbons (Fsp3) is 0.868. The second-order valence-corrected chi connectivity index (χ2v) is 23.8. The molecule has 0 aromatic rings. The van der Waals surface area contributed by atoms with Crippen molar-refractivity contribution in [3.8, 4) is 0 Å². The molecule has 0 saturated heterocycles. The van der Waals surface area contributed by atoms with Crippen LogP contribution in [0.5, 0.6) is 0 Å². The highest BCUT2D eigenvalue weighted by atomic mass is 16.7. The van der Waals surface area contributed by atoms with Gasteiger partial charge in [0.15, 0.2) is 12.4 Å². The monoisotopic (exact) mass is 1090 g/mol. The summed E-state index contributed by atoms with van der Waals surface area (Å²) in [6, 6.07) is 0. The SMILES string of the molecule is CCCCCCC/C=C\C/C=C\CCCCCCCCCCCCCCCCCCCCCCCC(=O)OC(COC(=O)CCCCCCCCCCC/C=C\CCCCCCCC)COC(OCC[N+](C)(C)C)C(=O)[O-]. The highest BCUT2D eigenvalue weighted by Crippen LogP contribution is 2.18. The first-order valence-corrected chi connectivity index (χ1v) is 33.1. The Kier molecular flexibility index (Phi) is 57.7. The van der Waals surface area contributed by atoms with Gasteiger partial charge in [-0.3, -0.25) is 9.59 Å². The number of ether oxygens (including phenoxy) is 4. The zero-order valence-electron chi connectivity index (χ0n) is 51.6. The molecule has 77 heavy (non-hydrogen) atoms. The van der Waals surface area contributed by atoms with Crippen molar-refractivity contribution in [2.24, 2.45) is 0 Å². The molecule has 0 radical (unpaired) electrons. The summed E-state index contributed by atoms with van der Waals surface area (Å²) in [5, 5.41) is 11.8. The molecule has 0 N–H and O–H groups in total. The Bertz CT molecular complexity index is 1360. The summed E-state index contributed by atoms with van der Waals surface area (Å²) >= 11 is 0. The maximum Gasteiger partial charge on any atom is 0.306 e. The quantitative estimate of drug-likeness (QED) is 0.0195. The minimum atomic E-state index is -1.62. The standard InChI is InChI=1S/C68H127NO8/c1-6-8-10-12-14-16-18-20-22-24-26-27-28-29-30-31-32-33-34-35-36-37-38-39-41-43-45-47-49-51-53-55-57-59-66(71)77-64(63-76-68(67(72)73)74-61-60-69(3,4)5)62-75-65(70)58-56-54-52-50-48-46-44-42-40-25-23-21-19-17-15-13-11-9-7-2/h18,20-21,23-24,26,64,68H,6-17,19,22,25,27-63H2,1-5H3/b20-18-,23-21-,26-24-. The lowest BCUT2D eigenvalue weighted by Gasteiger charge is -2.26. The highest BCUT2D eigenvalue weighted by molar-refractivity contribution is 5.70. The lowest BCUT2D eigenvalue weighted by molar-refractivity contribution is -0.870. The summed E-state index contributed by atoms with van der Waals surface area (Å²) in [7, 11) is 5.94. The molecule has 0 aromatic heterocycles. The van der Waals surface area contributed by atoms with Crippen LogP contribution in [0.1, 0.15) is 322 Å². The molecule has 0 aliphatic heterocycles. The van der Waals surface area contributed by atoms with Gasteiger partial charge in [-0.05, 0) is 70.6 Å². The summed E-state index contributed by atoms with van der Waals surface area (Å²) in [5.41, 5.74) is 0. The summed E-state index contributed by atoms with van der Waals surface area (Å²) in [6.45, 7) is 4.78. The Morgan fingerprint density at radius 3 is 1.04 bits per heavy atom. The zero-order valence-corrected chi connectivity index (χ0v) is 51.6. The van der Waals surface area contributed by atoms with Crippen molar-refractivity contribution < 1.29 is 42.9 Å². The number of rotatable bonds is 62. The van der Waals surface area contributed by atoms with E-state index in [0.717, 1.165) is 44.9 Å². The number of carboxylic acids is 1. The number of allylic oxidation sites excluding steroid dienone is 6. The molecule has 2 unspecified atom stereocenters. The van der Waals surface area contributed by atoms with Crippen LogP contribution in [0.4, 0.5) is 0 Å². The third-order valence-corrected chi connectivity index (χ3v) is 14.9. The second kappa shape index (κ2) is 59.6. The minimum Gasteiger partial charge on any atom is -0.545 e. The van der Waals surface area contributed by atoms with Crippen LogP contribution < -0.4 is 5.11 Å². The van der Waals surface area contributed by atoms with E-state index in [-0.39, 0.29) is 32.2 Å². The summed E-state index contributed by atoms with van der Waals surface area (Å²) in [4.78, 5) is 37.4. The smallest absolute Gasteiger partial charge is 0.306 e. The van der Waals surface area contributed by atoms with Gasteiger partial charge in [0.05, 0.1) is 40.3 Å². The predicted octanol–water partition coefficient (Wildman–Crippen LogP) is 18.7. The van der Waals surface area contributed by atoms with Gasteiger partial charge in [0, 0.05) is 12.8 Å². The second-order valence-electron chi connectivity index (χ2n) is 23.8. The topological polar surface area (TPSA) is 111 Å². The number of carbonyl (C=O) groups is 3. The number of hydrogen-bond acceptors (Lipinski definition) is 8. The molecule has 0 bridgehead atoms. The molecule has 0 aromatic carbocycles. The largest absolute Gasteiger partial charge is 0.545 e. The summed E-state index contributed by atoms with van der Waals surface area (Å²) in [5.74, 6) is -2.26. The van der Waals surface area contributed by atoms with E-state index in [1.54, 1.807) is 0 Å². The Labute approximate surface area is 477 Å². The molecule has 0 saturated carbocycles. The van der Waals surface area contributed by atoms with Gasteiger partial charge in [-0.1, -0.05) is 275 Å². The van der Waals surface area contributed by atoms with Crippen LogP contribution in [0, 0.1) is 0 Å². The lowest BCUT2D eigenvalue weighted by atomic mass is 10.0. The molecule has 0 aliphatic carbocycles. The van der Waals surface area contributed by atoms with Crippen molar-refractivity contribution >= 4 is 17.9 Å². The van der Waals surface area contributed by atoms with Crippen molar-refractivity contribution in [1.82, 2.24) is 0 Å². The van der Waals surface area contributed by atoms with Crippen LogP contribution >= 0.6 is 0 Å². The molecule has 0 rings (SSSR count). The first-order valence-electron chi connectivity index (χ1n) is 33.1. The van der Waals surface area contributed by atoms with Crippen LogP contribution in [0.25, 0.3) is 0 Å². The average molecular weight is 1090 g/mol. The molecule has 0 fully saturated rings. The van der Waals surface area contributed by atoms with Crippen molar-refractivity contribution in [2.75, 3.05) is 47.5 Å². The Balaban J connectivity index is 4.06. The number of aliphatic carboxylic acids is 1. The normalized spacial score (nSPS) is 12.9. The lowest BCUT2D eigenvalue weighted by Crippen LogP contribution is -2.44. The van der Waals surface area contributed by atoms with Crippen molar-refractivity contribution in [3.63, 3.8) is 0 Å². The van der Waals surface area contributed by atoms with Gasteiger partial charge in [0.2, 0.25) is 0 Å². The van der Waals surface area contributed by atoms with E-state index in [0.29, 0.717) is 17.4 Å². The van der Waals surface area contributed by atoms with E-state index in [1.165, 1.54) is 250 Å². The van der Waals surface area contributed by atoms with Gasteiger partial charge < -0.3 is 33.3 Å². The summed E-state index contributed by atoms with van der Waals surface area (Å²) < 4.78 is 22.8. The summed E-state index contributed by atoms with van der Waals surface area (Å²) in [6.07, 6.45) is 70.8. The molecule has 2 atom stereocenters. The first-order chi connectivity index (χ1) is 37.6. The van der Waals surface area contributed by atoms with Crippen molar-refractivity contribution in [3.05, 3.63) is 36.5 Å². The fourth-order valence-electron chi connectivity index (χ4n) is 9.74. The number of hydrogen-bond donors (Lipinski definition) is 0. The fourth-order valence-corrected chi connectivity index (χ4v) is 9.74. The van der Waals surface area contributed by atoms with Crippen LogP contribution in [-0.2, 0) is 33.3 Å². The first kappa shape index (κ1) is 74.5. The maximum atomic E-state index is 12.9. The Morgan fingerprint density at radius 2 is 0.701 bits per heavy atom. The van der Waals surface area contributed by atoms with Gasteiger partial charge in [-0.15, -0.1) is 0 Å². The third-order valence-electron chi connectivity index (χ3n) is 14.9. The molecule has 0 spiro atoms. The van der Waals surface area contributed by atoms with E-state index < -0.39 is 24.3 Å². The molecule has 452 valence electrons. The van der Waals surface area contributed by atoms with E-state index in [1.807, 2.05) is 21.1 Å². The van der Waals surface area contributed by atoms with E-state index in [2.05, 4.69) is 50.3 Å². The molecule has 9 nitrogen and oxygen atoms in total. The van der Waals surface area contributed by atoms with E-state index in [9.17, 15) is 19.5 Å². The maximum absolute atomic E-state index is 12.9. The third kappa shape index (κ3) is 61.0. The number of nitrogens with zero attached hydrogens (tertiary/aromatic N) is 1. The van der Waals surface area contributed by atoms with Crippen LogP contribution in [0.2, 0.25) is 0 Å². The average Bonchev–Trinajstić information content (AvgIpc) is 3.40. The number of esters is 2. The van der Waals surface area contributed by atoms with Crippen molar-refractivity contribution in [2.45, 2.75) is 334 Å². The molecule has 0 heterocycles. The van der Waals surface area contributed by atoms with E-state index in [4.69, 9.17) is 18.9 Å². The van der Waals surface area contributed by atoms with Crippen LogP contribution in [0.15, 0.2) is 36.5 Å². The number of quaternary nitrogens is 1. The van der Waals surface area contributed by atoms with Crippen LogP contribution in [-0.4, -0.2) is 82.3 Å². The zero-order chi connectivity index (χ0) is 56.2. The molecule has 9 heteroatoms. The number of likely N-dealkylation sites (N-methyl/N-ethyl adjacent to an activating group) is 1. The minimum absolute atomic E-state index is 0.150. The van der Waals surface area contributed by atoms with Crippen molar-refractivity contribution in [1.29, 1.82) is 0 Å².